The van der Waals surface area contributed by atoms with E-state index in [2.05, 4.69) is 22.5 Å². The topological polar surface area (TPSA) is 85.0 Å². The molecule has 0 aliphatic carbocycles. The van der Waals surface area contributed by atoms with Gasteiger partial charge in [-0.15, -0.1) is 0 Å². The predicted molar refractivity (Wildman–Crippen MR) is 142 cm³/mol. The predicted octanol–water partition coefficient (Wildman–Crippen LogP) is 3.89. The Kier molecular flexibility index (Phi) is 7.82. The summed E-state index contributed by atoms with van der Waals surface area (Å²) < 4.78 is 0. The molecule has 2 saturated heterocycles. The van der Waals surface area contributed by atoms with Crippen molar-refractivity contribution < 1.29 is 14.4 Å². The van der Waals surface area contributed by atoms with Crippen LogP contribution in [-0.4, -0.2) is 66.0 Å². The third-order valence-electron chi connectivity index (χ3n) is 7.40. The fraction of sp³-hybridized carbons (Fsp3) is 0.464. The zero-order valence-corrected chi connectivity index (χ0v) is 21.5. The van der Waals surface area contributed by atoms with Crippen LogP contribution in [0.4, 0.5) is 16.2 Å². The first-order chi connectivity index (χ1) is 17.3. The number of rotatable bonds is 7. The Bertz CT molecular complexity index is 1100. The van der Waals surface area contributed by atoms with E-state index in [0.717, 1.165) is 29.8 Å². The van der Waals surface area contributed by atoms with Crippen LogP contribution in [-0.2, 0) is 9.59 Å². The third kappa shape index (κ3) is 5.32. The molecule has 2 aliphatic rings. The Morgan fingerprint density at radius 3 is 2.39 bits per heavy atom. The van der Waals surface area contributed by atoms with Crippen molar-refractivity contribution >= 4 is 29.2 Å². The van der Waals surface area contributed by atoms with Crippen molar-refractivity contribution in [3.8, 4) is 0 Å². The summed E-state index contributed by atoms with van der Waals surface area (Å²) in [4.78, 5) is 44.8. The molecule has 4 amide bonds. The first-order valence-electron chi connectivity index (χ1n) is 12.9. The molecule has 0 atom stereocenters. The second-order valence-corrected chi connectivity index (χ2v) is 9.86. The summed E-state index contributed by atoms with van der Waals surface area (Å²) in [7, 11) is 0. The van der Waals surface area contributed by atoms with E-state index in [-0.39, 0.29) is 24.4 Å². The Hall–Kier alpha value is -3.55. The average Bonchev–Trinajstić information content (AvgIpc) is 3.13. The standard InChI is InChI=1S/C28H37N5O3/c1-4-5-15-29-25(34)19-32-20-33(24-9-7-6-8-10-24)28(26(32)35)13-16-31(17-14-28)27(36)30-23-12-11-21(2)22(3)18-23/h6-12,18H,4-5,13-17,19-20H2,1-3H3,(H,29,34)(H,30,36). The van der Waals surface area contributed by atoms with Crippen molar-refractivity contribution in [3.05, 3.63) is 59.7 Å². The van der Waals surface area contributed by atoms with Gasteiger partial charge in [0, 0.05) is 31.0 Å². The smallest absolute Gasteiger partial charge is 0.321 e. The average molecular weight is 492 g/mol. The van der Waals surface area contributed by atoms with Gasteiger partial charge < -0.3 is 25.3 Å². The molecule has 36 heavy (non-hydrogen) atoms. The third-order valence-corrected chi connectivity index (χ3v) is 7.40. The summed E-state index contributed by atoms with van der Waals surface area (Å²) in [6, 6.07) is 15.6. The Morgan fingerprint density at radius 2 is 1.72 bits per heavy atom. The number of carbonyl (C=O) groups excluding carboxylic acids is 3. The highest BCUT2D eigenvalue weighted by Gasteiger charge is 2.54. The van der Waals surface area contributed by atoms with Crippen molar-refractivity contribution in [2.75, 3.05) is 43.1 Å². The molecule has 192 valence electrons. The van der Waals surface area contributed by atoms with Crippen LogP contribution in [0.1, 0.15) is 43.7 Å². The van der Waals surface area contributed by atoms with E-state index >= 15 is 0 Å². The van der Waals surface area contributed by atoms with Gasteiger partial charge >= 0.3 is 6.03 Å². The maximum absolute atomic E-state index is 13.8. The lowest BCUT2D eigenvalue weighted by molar-refractivity contribution is -0.137. The SMILES string of the molecule is CCCCNC(=O)CN1CN(c2ccccc2)C2(CCN(C(=O)Nc3ccc(C)c(C)c3)CC2)C1=O. The molecule has 0 bridgehead atoms. The number of amides is 4. The monoisotopic (exact) mass is 491 g/mol. The van der Waals surface area contributed by atoms with E-state index in [1.165, 1.54) is 5.56 Å². The summed E-state index contributed by atoms with van der Waals surface area (Å²) in [5.74, 6) is -0.168. The molecule has 0 saturated carbocycles. The van der Waals surface area contributed by atoms with Gasteiger partial charge in [0.2, 0.25) is 5.91 Å². The number of hydrogen-bond donors (Lipinski definition) is 2. The van der Waals surface area contributed by atoms with Crippen molar-refractivity contribution in [1.29, 1.82) is 0 Å². The number of carbonyl (C=O) groups is 3. The molecule has 2 aromatic rings. The van der Waals surface area contributed by atoms with Gasteiger partial charge in [-0.3, -0.25) is 9.59 Å². The highest BCUT2D eigenvalue weighted by molar-refractivity contribution is 5.97. The summed E-state index contributed by atoms with van der Waals surface area (Å²) in [6.07, 6.45) is 2.94. The van der Waals surface area contributed by atoms with Crippen LogP contribution in [0.25, 0.3) is 0 Å². The molecule has 0 radical (unpaired) electrons. The van der Waals surface area contributed by atoms with Gasteiger partial charge in [0.15, 0.2) is 0 Å². The lowest BCUT2D eigenvalue weighted by atomic mass is 9.85. The van der Waals surface area contributed by atoms with Crippen LogP contribution in [0.3, 0.4) is 0 Å². The van der Waals surface area contributed by atoms with Gasteiger partial charge in [-0.1, -0.05) is 37.6 Å². The zero-order valence-electron chi connectivity index (χ0n) is 21.5. The quantitative estimate of drug-likeness (QED) is 0.576. The summed E-state index contributed by atoms with van der Waals surface area (Å²) in [5, 5.41) is 5.91. The van der Waals surface area contributed by atoms with E-state index in [1.807, 2.05) is 62.4 Å². The lowest BCUT2D eigenvalue weighted by Gasteiger charge is -2.43. The zero-order chi connectivity index (χ0) is 25.7. The number of piperidine rings is 1. The van der Waals surface area contributed by atoms with Gasteiger partial charge in [-0.2, -0.15) is 0 Å². The van der Waals surface area contributed by atoms with Crippen LogP contribution in [0, 0.1) is 13.8 Å². The molecular weight excluding hydrogens is 454 g/mol. The first kappa shape index (κ1) is 25.5. The number of nitrogens with zero attached hydrogens (tertiary/aromatic N) is 3. The molecule has 2 aliphatic heterocycles. The molecule has 0 unspecified atom stereocenters. The van der Waals surface area contributed by atoms with Crippen LogP contribution in [0.5, 0.6) is 0 Å². The largest absolute Gasteiger partial charge is 0.355 e. The number of unbranched alkanes of at least 4 members (excludes halogenated alkanes) is 1. The van der Waals surface area contributed by atoms with Crippen molar-refractivity contribution in [2.24, 2.45) is 0 Å². The second-order valence-electron chi connectivity index (χ2n) is 9.86. The second kappa shape index (κ2) is 11.0. The van der Waals surface area contributed by atoms with Gasteiger partial charge in [0.1, 0.15) is 12.1 Å². The number of benzene rings is 2. The van der Waals surface area contributed by atoms with Gasteiger partial charge in [0.25, 0.3) is 5.91 Å². The van der Waals surface area contributed by atoms with Gasteiger partial charge in [-0.05, 0) is 68.5 Å². The number of hydrogen-bond acceptors (Lipinski definition) is 4. The molecule has 4 rings (SSSR count). The van der Waals surface area contributed by atoms with Gasteiger partial charge in [-0.25, -0.2) is 4.79 Å². The maximum Gasteiger partial charge on any atom is 0.321 e. The lowest BCUT2D eigenvalue weighted by Crippen LogP contribution is -2.58. The van der Waals surface area contributed by atoms with Crippen LogP contribution in [0.15, 0.2) is 48.5 Å². The van der Waals surface area contributed by atoms with Crippen molar-refractivity contribution in [1.82, 2.24) is 15.1 Å². The number of urea groups is 1. The highest BCUT2D eigenvalue weighted by atomic mass is 16.2. The Labute approximate surface area is 213 Å². The summed E-state index contributed by atoms with van der Waals surface area (Å²) >= 11 is 0. The Balaban J connectivity index is 1.46. The minimum Gasteiger partial charge on any atom is -0.355 e. The van der Waals surface area contributed by atoms with E-state index in [1.54, 1.807) is 9.80 Å². The highest BCUT2D eigenvalue weighted by Crippen LogP contribution is 2.39. The van der Waals surface area contributed by atoms with E-state index in [9.17, 15) is 14.4 Å². The fourth-order valence-electron chi connectivity index (χ4n) is 5.06. The number of likely N-dealkylation sites (tertiary alicyclic amines) is 1. The fourth-order valence-corrected chi connectivity index (χ4v) is 5.06. The van der Waals surface area contributed by atoms with E-state index < -0.39 is 5.54 Å². The molecule has 2 fully saturated rings. The van der Waals surface area contributed by atoms with Crippen molar-refractivity contribution in [2.45, 2.75) is 52.0 Å². The number of aryl methyl sites for hydroxylation is 2. The summed E-state index contributed by atoms with van der Waals surface area (Å²) in [5.41, 5.74) is 3.26. The number of nitrogens with one attached hydrogen (secondary N) is 2. The number of para-hydroxylation sites is 1. The van der Waals surface area contributed by atoms with E-state index in [4.69, 9.17) is 0 Å². The molecular formula is C28H37N5O3. The first-order valence-corrected chi connectivity index (χ1v) is 12.9. The van der Waals surface area contributed by atoms with Crippen LogP contribution >= 0.6 is 0 Å². The summed E-state index contributed by atoms with van der Waals surface area (Å²) in [6.45, 7) is 8.09. The van der Waals surface area contributed by atoms with E-state index in [0.29, 0.717) is 39.1 Å². The van der Waals surface area contributed by atoms with Gasteiger partial charge in [0.05, 0.1) is 6.67 Å². The molecule has 0 aromatic heterocycles. The van der Waals surface area contributed by atoms with Crippen molar-refractivity contribution in [3.63, 3.8) is 0 Å². The molecule has 2 heterocycles. The maximum atomic E-state index is 13.8. The molecule has 8 heteroatoms. The number of anilines is 2. The van der Waals surface area contributed by atoms with Crippen LogP contribution < -0.4 is 15.5 Å². The Morgan fingerprint density at radius 1 is 1.00 bits per heavy atom. The molecule has 8 nitrogen and oxygen atoms in total. The minimum atomic E-state index is -0.762. The minimum absolute atomic E-state index is 0.0359. The molecule has 2 N–H and O–H groups in total. The molecule has 2 aromatic carbocycles. The van der Waals surface area contributed by atoms with Crippen LogP contribution in [0.2, 0.25) is 0 Å². The molecule has 1 spiro atoms. The normalized spacial score (nSPS) is 17.0.